The van der Waals surface area contributed by atoms with Gasteiger partial charge in [-0.15, -0.1) is 0 Å². The van der Waals surface area contributed by atoms with E-state index in [0.717, 1.165) is 46.2 Å². The smallest absolute Gasteiger partial charge is 0.338 e. The molecule has 9 heteroatoms. The van der Waals surface area contributed by atoms with Crippen LogP contribution in [0.15, 0.2) is 16.6 Å². The number of benzene rings is 1. The Morgan fingerprint density at radius 2 is 2.03 bits per heavy atom. The second kappa shape index (κ2) is 9.93. The first kappa shape index (κ1) is 23.9. The quantitative estimate of drug-likeness (QED) is 0.304. The maximum atomic E-state index is 12.6. The molecule has 4 heterocycles. The number of hydrogen-bond donors (Lipinski definition) is 1. The average molecular weight is 524 g/mol. The first-order valence-corrected chi connectivity index (χ1v) is 16.1. The molecule has 0 radical (unpaired) electrons. The van der Waals surface area contributed by atoms with Crippen molar-refractivity contribution in [3.8, 4) is 0 Å². The monoisotopic (exact) mass is 522 g/mol. The van der Waals surface area contributed by atoms with E-state index in [4.69, 9.17) is 14.6 Å². The van der Waals surface area contributed by atoms with Gasteiger partial charge in [-0.05, 0) is 50.0 Å². The average Bonchev–Trinajstić information content (AvgIpc) is 3.11. The highest BCUT2D eigenvalue weighted by Crippen LogP contribution is 2.30. The summed E-state index contributed by atoms with van der Waals surface area (Å²) in [7, 11) is 0.263. The van der Waals surface area contributed by atoms with E-state index in [-0.39, 0.29) is 5.97 Å². The minimum Gasteiger partial charge on any atom is -0.465 e. The fraction of sp³-hybridized carbons (Fsp3) is 0.652. The molecule has 1 N–H and O–H groups in total. The number of methoxy groups -OCH3 is 1. The Hall–Kier alpha value is -1.26. The van der Waals surface area contributed by atoms with Crippen molar-refractivity contribution in [1.29, 1.82) is 0 Å². The zero-order valence-electron chi connectivity index (χ0n) is 19.6. The van der Waals surface area contributed by atoms with Crippen molar-refractivity contribution >= 4 is 40.9 Å². The summed E-state index contributed by atoms with van der Waals surface area (Å²) < 4.78 is 13.8. The minimum atomic E-state index is -1.16. The topological polar surface area (TPSA) is 68.6 Å². The molecule has 3 aliphatic heterocycles. The van der Waals surface area contributed by atoms with E-state index < -0.39 is 8.07 Å². The number of ether oxygens (including phenoxy) is 2. The van der Waals surface area contributed by atoms with Gasteiger partial charge in [-0.2, -0.15) is 5.10 Å². The molecule has 0 amide bonds. The number of fused-ring (bicyclic) bond motifs is 4. The van der Waals surface area contributed by atoms with Gasteiger partial charge in [-0.25, -0.2) is 9.48 Å². The maximum absolute atomic E-state index is 12.6. The van der Waals surface area contributed by atoms with Gasteiger partial charge in [-0.3, -0.25) is 0 Å². The fourth-order valence-electron chi connectivity index (χ4n) is 4.80. The Bertz CT molecular complexity index is 966. The van der Waals surface area contributed by atoms with Crippen LogP contribution in [0.2, 0.25) is 25.7 Å². The molecule has 3 saturated heterocycles. The Balaban J connectivity index is 1.59. The van der Waals surface area contributed by atoms with E-state index in [1.807, 2.05) is 16.8 Å². The Morgan fingerprint density at radius 1 is 1.28 bits per heavy atom. The number of carbonyl (C=O) groups excluding carboxylic acids is 1. The van der Waals surface area contributed by atoms with E-state index in [1.54, 1.807) is 0 Å². The van der Waals surface area contributed by atoms with Crippen molar-refractivity contribution in [2.24, 2.45) is 5.92 Å². The summed E-state index contributed by atoms with van der Waals surface area (Å²) in [5, 5.41) is 9.48. The van der Waals surface area contributed by atoms with Crippen LogP contribution in [-0.2, 0) is 22.7 Å². The summed E-state index contributed by atoms with van der Waals surface area (Å²) in [6.07, 6.45) is 2.52. The Kier molecular flexibility index (Phi) is 7.41. The van der Waals surface area contributed by atoms with Crippen molar-refractivity contribution in [2.45, 2.75) is 57.8 Å². The molecule has 2 bridgehead atoms. The minimum absolute atomic E-state index is 0.348. The van der Waals surface area contributed by atoms with E-state index >= 15 is 0 Å². The highest BCUT2D eigenvalue weighted by molar-refractivity contribution is 9.10. The van der Waals surface area contributed by atoms with Gasteiger partial charge in [0.05, 0.1) is 23.9 Å². The molecule has 0 spiro atoms. The second-order valence-corrected chi connectivity index (χ2v) is 16.8. The molecule has 176 valence electrons. The van der Waals surface area contributed by atoms with Crippen LogP contribution >= 0.6 is 15.9 Å². The number of piperidine rings is 3. The number of hydrogen-bond acceptors (Lipinski definition) is 6. The van der Waals surface area contributed by atoms with Crippen LogP contribution in [0.4, 0.5) is 0 Å². The van der Waals surface area contributed by atoms with Crippen molar-refractivity contribution < 1.29 is 14.3 Å². The number of nitrogens with zero attached hydrogens (tertiary/aromatic N) is 3. The zero-order valence-corrected chi connectivity index (χ0v) is 22.2. The third-order valence-corrected chi connectivity index (χ3v) is 8.86. The molecule has 3 fully saturated rings. The number of esters is 1. The summed E-state index contributed by atoms with van der Waals surface area (Å²) in [6, 6.07) is 5.41. The van der Waals surface area contributed by atoms with Gasteiger partial charge in [-0.1, -0.05) is 35.6 Å². The van der Waals surface area contributed by atoms with Gasteiger partial charge >= 0.3 is 5.97 Å². The molecule has 0 aliphatic carbocycles. The van der Waals surface area contributed by atoms with Crippen LogP contribution in [0.3, 0.4) is 0 Å². The predicted octanol–water partition coefficient (Wildman–Crippen LogP) is 4.08. The van der Waals surface area contributed by atoms with Gasteiger partial charge < -0.3 is 19.7 Å². The second-order valence-electron chi connectivity index (χ2n) is 10.3. The molecule has 2 aromatic rings. The summed E-state index contributed by atoms with van der Waals surface area (Å²) in [5.41, 5.74) is 2.30. The molecule has 7 nitrogen and oxygen atoms in total. The summed E-state index contributed by atoms with van der Waals surface area (Å²) in [4.78, 5) is 15.1. The normalized spacial score (nSPS) is 23.1. The van der Waals surface area contributed by atoms with Crippen LogP contribution in [0.1, 0.15) is 28.9 Å². The molecule has 1 aromatic carbocycles. The first-order valence-electron chi connectivity index (χ1n) is 11.6. The largest absolute Gasteiger partial charge is 0.465 e. The molecule has 1 atom stereocenters. The predicted molar refractivity (Wildman–Crippen MR) is 133 cm³/mol. The van der Waals surface area contributed by atoms with Crippen molar-refractivity contribution in [3.63, 3.8) is 0 Å². The Labute approximate surface area is 199 Å². The van der Waals surface area contributed by atoms with Crippen LogP contribution in [-0.4, -0.2) is 68.1 Å². The van der Waals surface area contributed by atoms with Gasteiger partial charge in [0.1, 0.15) is 6.73 Å². The standard InChI is InChI=1S/C23H35BrN4O3Si/c1-30-23(29)18-11-17(24)12-21-22(18)19(26-28(21)15-31-9-10-32(2,3)4)13-25-20-14-27-7-5-16(20)6-8-27/h11-12,16,20,25H,5-10,13-15H2,1-4H3. The highest BCUT2D eigenvalue weighted by atomic mass is 79.9. The van der Waals surface area contributed by atoms with Crippen molar-refractivity contribution in [3.05, 3.63) is 27.9 Å². The fourth-order valence-corrected chi connectivity index (χ4v) is 6.00. The third-order valence-electron chi connectivity index (χ3n) is 6.69. The summed E-state index contributed by atoms with van der Waals surface area (Å²) >= 11 is 3.55. The lowest BCUT2D eigenvalue weighted by Gasteiger charge is -2.45. The van der Waals surface area contributed by atoms with Crippen LogP contribution < -0.4 is 5.32 Å². The van der Waals surface area contributed by atoms with E-state index in [1.165, 1.54) is 33.0 Å². The van der Waals surface area contributed by atoms with Gasteiger partial charge in [0, 0.05) is 43.7 Å². The number of nitrogens with one attached hydrogen (secondary N) is 1. The molecule has 5 rings (SSSR count). The van der Waals surface area contributed by atoms with E-state index in [0.29, 0.717) is 24.9 Å². The van der Waals surface area contributed by atoms with Crippen molar-refractivity contribution in [1.82, 2.24) is 20.0 Å². The van der Waals surface area contributed by atoms with Crippen LogP contribution in [0.5, 0.6) is 0 Å². The lowest BCUT2D eigenvalue weighted by Crippen LogP contribution is -2.55. The lowest BCUT2D eigenvalue weighted by molar-refractivity contribution is 0.0602. The lowest BCUT2D eigenvalue weighted by atomic mass is 9.84. The van der Waals surface area contributed by atoms with Gasteiger partial charge in [0.2, 0.25) is 0 Å². The third kappa shape index (κ3) is 5.44. The van der Waals surface area contributed by atoms with Gasteiger partial charge in [0.25, 0.3) is 0 Å². The Morgan fingerprint density at radius 3 is 2.66 bits per heavy atom. The highest BCUT2D eigenvalue weighted by Gasteiger charge is 2.34. The zero-order chi connectivity index (χ0) is 22.9. The molecule has 3 aliphatic rings. The number of halogens is 1. The first-order chi connectivity index (χ1) is 15.2. The van der Waals surface area contributed by atoms with E-state index in [2.05, 4.69) is 45.8 Å². The molecule has 0 saturated carbocycles. The molecular weight excluding hydrogens is 488 g/mol. The molecular formula is C23H35BrN4O3Si. The van der Waals surface area contributed by atoms with Gasteiger partial charge in [0.15, 0.2) is 0 Å². The van der Waals surface area contributed by atoms with Crippen molar-refractivity contribution in [2.75, 3.05) is 33.4 Å². The molecule has 32 heavy (non-hydrogen) atoms. The number of aromatic nitrogens is 2. The molecule has 1 aromatic heterocycles. The summed E-state index contributed by atoms with van der Waals surface area (Å²) in [6.45, 7) is 12.3. The summed E-state index contributed by atoms with van der Waals surface area (Å²) in [5.74, 6) is 0.382. The number of rotatable bonds is 9. The maximum Gasteiger partial charge on any atom is 0.338 e. The van der Waals surface area contributed by atoms with E-state index in [9.17, 15) is 4.79 Å². The van der Waals surface area contributed by atoms with Crippen LogP contribution in [0, 0.1) is 5.92 Å². The SMILES string of the molecule is COC(=O)c1cc(Br)cc2c1c(CNC1CN3CCC1CC3)nn2COCC[Si](C)(C)C. The molecule has 1 unspecified atom stereocenters. The van der Waals surface area contributed by atoms with Crippen LogP contribution in [0.25, 0.3) is 10.9 Å². The number of carbonyl (C=O) groups is 1.